The van der Waals surface area contributed by atoms with Crippen molar-refractivity contribution in [3.63, 3.8) is 0 Å². The maximum atomic E-state index is 4.36. The minimum atomic E-state index is 0.758. The van der Waals surface area contributed by atoms with Gasteiger partial charge < -0.3 is 5.32 Å². The monoisotopic (exact) mass is 290 g/mol. The summed E-state index contributed by atoms with van der Waals surface area (Å²) >= 11 is 3.50. The van der Waals surface area contributed by atoms with E-state index in [1.807, 2.05) is 12.3 Å². The summed E-state index contributed by atoms with van der Waals surface area (Å²) in [6.07, 6.45) is 1.83. The quantitative estimate of drug-likeness (QED) is 0.922. The predicted octanol–water partition coefficient (Wildman–Crippen LogP) is 4.07. The molecule has 0 aliphatic rings. The first-order chi connectivity index (χ1) is 8.16. The van der Waals surface area contributed by atoms with Crippen LogP contribution in [0, 0.1) is 13.8 Å². The molecule has 3 heteroatoms. The van der Waals surface area contributed by atoms with Crippen molar-refractivity contribution in [1.82, 2.24) is 4.98 Å². The van der Waals surface area contributed by atoms with Crippen molar-refractivity contribution in [1.29, 1.82) is 0 Å². The molecule has 0 atom stereocenters. The molecule has 0 saturated heterocycles. The molecular weight excluding hydrogens is 276 g/mol. The molecule has 1 N–H and O–H groups in total. The zero-order chi connectivity index (χ0) is 12.3. The SMILES string of the molecule is Cc1cc(NCc2ncccc2C)ccc1Br. The summed E-state index contributed by atoms with van der Waals surface area (Å²) in [6.45, 7) is 4.92. The van der Waals surface area contributed by atoms with E-state index in [4.69, 9.17) is 0 Å². The summed E-state index contributed by atoms with van der Waals surface area (Å²) in [5, 5.41) is 3.39. The average Bonchev–Trinajstić information content (AvgIpc) is 2.32. The smallest absolute Gasteiger partial charge is 0.0623 e. The van der Waals surface area contributed by atoms with Gasteiger partial charge in [0.1, 0.15) is 0 Å². The van der Waals surface area contributed by atoms with Crippen LogP contribution in [0.1, 0.15) is 16.8 Å². The Labute approximate surface area is 110 Å². The first kappa shape index (κ1) is 12.1. The van der Waals surface area contributed by atoms with Crippen molar-refractivity contribution >= 4 is 21.6 Å². The van der Waals surface area contributed by atoms with Crippen LogP contribution in [-0.4, -0.2) is 4.98 Å². The maximum Gasteiger partial charge on any atom is 0.0623 e. The van der Waals surface area contributed by atoms with Crippen LogP contribution in [0.25, 0.3) is 0 Å². The molecule has 0 aliphatic heterocycles. The Kier molecular flexibility index (Phi) is 3.79. The highest BCUT2D eigenvalue weighted by molar-refractivity contribution is 9.10. The molecule has 0 spiro atoms. The molecule has 0 bridgehead atoms. The van der Waals surface area contributed by atoms with Gasteiger partial charge in [-0.2, -0.15) is 0 Å². The molecular formula is C14H15BrN2. The molecule has 1 heterocycles. The number of benzene rings is 1. The van der Waals surface area contributed by atoms with Gasteiger partial charge in [0.05, 0.1) is 12.2 Å². The molecule has 1 aromatic heterocycles. The van der Waals surface area contributed by atoms with Gasteiger partial charge in [0, 0.05) is 16.4 Å². The molecule has 2 aromatic rings. The Hall–Kier alpha value is -1.35. The summed E-state index contributed by atoms with van der Waals surface area (Å²) in [5.74, 6) is 0. The van der Waals surface area contributed by atoms with Crippen LogP contribution in [0.15, 0.2) is 41.0 Å². The van der Waals surface area contributed by atoms with E-state index in [2.05, 4.69) is 64.3 Å². The third-order valence-corrected chi connectivity index (χ3v) is 3.63. The van der Waals surface area contributed by atoms with Gasteiger partial charge in [-0.1, -0.05) is 22.0 Å². The second-order valence-electron chi connectivity index (χ2n) is 4.08. The molecule has 2 rings (SSSR count). The van der Waals surface area contributed by atoms with Crippen molar-refractivity contribution in [3.05, 3.63) is 57.8 Å². The van der Waals surface area contributed by atoms with Crippen LogP contribution in [0.5, 0.6) is 0 Å². The third kappa shape index (κ3) is 3.07. The Morgan fingerprint density at radius 1 is 1.18 bits per heavy atom. The van der Waals surface area contributed by atoms with Crippen molar-refractivity contribution in [3.8, 4) is 0 Å². The highest BCUT2D eigenvalue weighted by Crippen LogP contribution is 2.20. The molecule has 17 heavy (non-hydrogen) atoms. The van der Waals surface area contributed by atoms with E-state index in [1.165, 1.54) is 11.1 Å². The van der Waals surface area contributed by atoms with Gasteiger partial charge in [0.2, 0.25) is 0 Å². The number of hydrogen-bond donors (Lipinski definition) is 1. The standard InChI is InChI=1S/C14H15BrN2/c1-10-4-3-7-16-14(10)9-17-12-5-6-13(15)11(2)8-12/h3-8,17H,9H2,1-2H3. The lowest BCUT2D eigenvalue weighted by Crippen LogP contribution is -2.03. The van der Waals surface area contributed by atoms with E-state index in [9.17, 15) is 0 Å². The van der Waals surface area contributed by atoms with Crippen molar-refractivity contribution in [2.24, 2.45) is 0 Å². The summed E-state index contributed by atoms with van der Waals surface area (Å²) in [6, 6.07) is 10.3. The lowest BCUT2D eigenvalue weighted by atomic mass is 10.2. The zero-order valence-electron chi connectivity index (χ0n) is 10.00. The minimum absolute atomic E-state index is 0.758. The topological polar surface area (TPSA) is 24.9 Å². The Morgan fingerprint density at radius 3 is 2.71 bits per heavy atom. The number of aromatic nitrogens is 1. The Bertz CT molecular complexity index is 523. The number of anilines is 1. The number of halogens is 1. The Morgan fingerprint density at radius 2 is 2.00 bits per heavy atom. The number of pyridine rings is 1. The van der Waals surface area contributed by atoms with Gasteiger partial charge >= 0.3 is 0 Å². The summed E-state index contributed by atoms with van der Waals surface area (Å²) in [7, 11) is 0. The zero-order valence-corrected chi connectivity index (χ0v) is 11.6. The fourth-order valence-electron chi connectivity index (χ4n) is 1.64. The molecule has 0 unspecified atom stereocenters. The van der Waals surface area contributed by atoms with E-state index in [0.29, 0.717) is 0 Å². The number of aryl methyl sites for hydroxylation is 2. The average molecular weight is 291 g/mol. The number of nitrogens with zero attached hydrogens (tertiary/aromatic N) is 1. The highest BCUT2D eigenvalue weighted by atomic mass is 79.9. The number of nitrogens with one attached hydrogen (secondary N) is 1. The highest BCUT2D eigenvalue weighted by Gasteiger charge is 2.00. The van der Waals surface area contributed by atoms with Gasteiger partial charge in [-0.15, -0.1) is 0 Å². The van der Waals surface area contributed by atoms with Crippen LogP contribution >= 0.6 is 15.9 Å². The molecule has 0 radical (unpaired) electrons. The lowest BCUT2D eigenvalue weighted by molar-refractivity contribution is 1.02. The van der Waals surface area contributed by atoms with Crippen molar-refractivity contribution in [2.75, 3.05) is 5.32 Å². The maximum absolute atomic E-state index is 4.36. The molecule has 2 nitrogen and oxygen atoms in total. The number of rotatable bonds is 3. The molecule has 1 aromatic carbocycles. The van der Waals surface area contributed by atoms with Crippen molar-refractivity contribution < 1.29 is 0 Å². The van der Waals surface area contributed by atoms with E-state index < -0.39 is 0 Å². The number of hydrogen-bond acceptors (Lipinski definition) is 2. The molecule has 0 aliphatic carbocycles. The predicted molar refractivity (Wildman–Crippen MR) is 75.2 cm³/mol. The fraction of sp³-hybridized carbons (Fsp3) is 0.214. The minimum Gasteiger partial charge on any atom is -0.379 e. The van der Waals surface area contributed by atoms with Gasteiger partial charge in [-0.05, 0) is 49.2 Å². The molecule has 0 fully saturated rings. The van der Waals surface area contributed by atoms with Gasteiger partial charge in [0.15, 0.2) is 0 Å². The second-order valence-corrected chi connectivity index (χ2v) is 4.94. The van der Waals surface area contributed by atoms with Crippen LogP contribution in [0.4, 0.5) is 5.69 Å². The lowest BCUT2D eigenvalue weighted by Gasteiger charge is -2.09. The first-order valence-corrected chi connectivity index (χ1v) is 6.36. The normalized spacial score (nSPS) is 10.3. The van der Waals surface area contributed by atoms with Gasteiger partial charge in [0.25, 0.3) is 0 Å². The fourth-order valence-corrected chi connectivity index (χ4v) is 1.89. The van der Waals surface area contributed by atoms with Crippen LogP contribution < -0.4 is 5.32 Å². The third-order valence-electron chi connectivity index (χ3n) is 2.74. The molecule has 0 saturated carbocycles. The van der Waals surface area contributed by atoms with Crippen molar-refractivity contribution in [2.45, 2.75) is 20.4 Å². The first-order valence-electron chi connectivity index (χ1n) is 5.57. The molecule has 88 valence electrons. The van der Waals surface area contributed by atoms with Crippen LogP contribution in [-0.2, 0) is 6.54 Å². The second kappa shape index (κ2) is 5.32. The van der Waals surface area contributed by atoms with E-state index in [-0.39, 0.29) is 0 Å². The Balaban J connectivity index is 2.08. The largest absolute Gasteiger partial charge is 0.379 e. The molecule has 0 amide bonds. The van der Waals surface area contributed by atoms with E-state index >= 15 is 0 Å². The van der Waals surface area contributed by atoms with Gasteiger partial charge in [-0.3, -0.25) is 4.98 Å². The van der Waals surface area contributed by atoms with E-state index in [0.717, 1.165) is 22.4 Å². The van der Waals surface area contributed by atoms with Crippen LogP contribution in [0.3, 0.4) is 0 Å². The summed E-state index contributed by atoms with van der Waals surface area (Å²) in [5.41, 5.74) is 4.66. The summed E-state index contributed by atoms with van der Waals surface area (Å²) in [4.78, 5) is 4.36. The van der Waals surface area contributed by atoms with Gasteiger partial charge in [-0.25, -0.2) is 0 Å². The van der Waals surface area contributed by atoms with Crippen LogP contribution in [0.2, 0.25) is 0 Å². The van der Waals surface area contributed by atoms with E-state index in [1.54, 1.807) is 0 Å². The summed E-state index contributed by atoms with van der Waals surface area (Å²) < 4.78 is 1.14.